The molecule has 1 aliphatic rings. The summed E-state index contributed by atoms with van der Waals surface area (Å²) in [5.41, 5.74) is 1.42. The number of aliphatic hydroxyl groups is 2. The first-order valence-corrected chi connectivity index (χ1v) is 15.2. The summed E-state index contributed by atoms with van der Waals surface area (Å²) in [7, 11) is 0. The number of allylic oxidation sites excluding steroid dienone is 1. The molecule has 3 heterocycles. The Morgan fingerprint density at radius 2 is 1.86 bits per heavy atom. The number of halogens is 1. The summed E-state index contributed by atoms with van der Waals surface area (Å²) in [4.78, 5) is 28.6. The van der Waals surface area contributed by atoms with E-state index in [0.29, 0.717) is 41.7 Å². The number of aryl methyl sites for hydroxylation is 1. The van der Waals surface area contributed by atoms with E-state index in [1.165, 1.54) is 4.68 Å². The van der Waals surface area contributed by atoms with Crippen molar-refractivity contribution in [2.24, 2.45) is 5.92 Å². The van der Waals surface area contributed by atoms with E-state index in [1.54, 1.807) is 46.2 Å². The van der Waals surface area contributed by atoms with Crippen molar-refractivity contribution >= 4 is 38.3 Å². The van der Waals surface area contributed by atoms with Gasteiger partial charge in [-0.2, -0.15) is 9.78 Å². The van der Waals surface area contributed by atoms with Crippen LogP contribution in [0.4, 0.5) is 5.69 Å². The fourth-order valence-electron chi connectivity index (χ4n) is 5.60. The summed E-state index contributed by atoms with van der Waals surface area (Å²) in [6, 6.07) is 20.2. The topological polar surface area (TPSA) is 126 Å². The maximum absolute atomic E-state index is 13.9. The zero-order chi connectivity index (χ0) is 30.8. The number of aromatic nitrogens is 5. The fourth-order valence-corrected chi connectivity index (χ4v) is 5.96. The lowest BCUT2D eigenvalue weighted by Crippen LogP contribution is -2.44. The maximum atomic E-state index is 13.9. The zero-order valence-electron chi connectivity index (χ0n) is 24.0. The lowest BCUT2D eigenvalue weighted by molar-refractivity contribution is -0.139. The second-order valence-electron chi connectivity index (χ2n) is 10.9. The molecule has 0 spiro atoms. The molecule has 224 valence electrons. The summed E-state index contributed by atoms with van der Waals surface area (Å²) in [6.45, 7) is 2.68. The molecule has 6 rings (SSSR count). The highest BCUT2D eigenvalue weighted by Gasteiger charge is 2.52. The molecule has 10 nitrogen and oxygen atoms in total. The van der Waals surface area contributed by atoms with E-state index >= 15 is 0 Å². The molecule has 1 aliphatic heterocycles. The number of carbonyl (C=O) groups is 1. The van der Waals surface area contributed by atoms with Gasteiger partial charge in [0.05, 0.1) is 35.2 Å². The highest BCUT2D eigenvalue weighted by atomic mass is 79.9. The van der Waals surface area contributed by atoms with Crippen LogP contribution in [0.1, 0.15) is 30.2 Å². The van der Waals surface area contributed by atoms with Gasteiger partial charge in [0, 0.05) is 47.1 Å². The standard InChI is InChI=1S/C33H31BrN6O4/c1-22(6-4-5-16-38-21-26(15-17-41)36-37-38)33(44)29-18-25(34)11-14-30(29)39(32(33)43)20-23-9-12-27(13-10-23)40-31(42)28-8-3-2-7-24(28)19-35-40/h2-4,6-14,18-19,21-22,41,44H,5,15-17,20H2,1H3/b6-4+/t22-,33+/m0/s1. The normalized spacial score (nSPS) is 17.1. The molecular weight excluding hydrogens is 624 g/mol. The van der Waals surface area contributed by atoms with Crippen LogP contribution in [0.2, 0.25) is 0 Å². The number of fused-ring (bicyclic) bond motifs is 2. The number of benzene rings is 3. The van der Waals surface area contributed by atoms with E-state index in [-0.39, 0.29) is 18.7 Å². The quantitative estimate of drug-likeness (QED) is 0.215. The van der Waals surface area contributed by atoms with Gasteiger partial charge in [0.25, 0.3) is 11.5 Å². The van der Waals surface area contributed by atoms with Crippen molar-refractivity contribution in [2.45, 2.75) is 38.5 Å². The lowest BCUT2D eigenvalue weighted by atomic mass is 9.83. The first-order valence-electron chi connectivity index (χ1n) is 14.4. The summed E-state index contributed by atoms with van der Waals surface area (Å²) >= 11 is 3.50. The predicted octanol–water partition coefficient (Wildman–Crippen LogP) is 4.29. The highest BCUT2D eigenvalue weighted by Crippen LogP contribution is 2.46. The number of amides is 1. The van der Waals surface area contributed by atoms with Gasteiger partial charge in [-0.15, -0.1) is 5.10 Å². The van der Waals surface area contributed by atoms with E-state index in [4.69, 9.17) is 5.11 Å². The molecule has 3 aromatic carbocycles. The minimum absolute atomic E-state index is 0.0206. The van der Waals surface area contributed by atoms with Gasteiger partial charge in [0.15, 0.2) is 5.60 Å². The third-order valence-electron chi connectivity index (χ3n) is 8.01. The van der Waals surface area contributed by atoms with Crippen LogP contribution in [0, 0.1) is 5.92 Å². The largest absolute Gasteiger partial charge is 0.396 e. The molecule has 0 radical (unpaired) electrons. The number of nitrogens with zero attached hydrogens (tertiary/aromatic N) is 6. The Morgan fingerprint density at radius 3 is 2.66 bits per heavy atom. The number of rotatable bonds is 10. The van der Waals surface area contributed by atoms with Crippen LogP contribution in [0.25, 0.3) is 16.5 Å². The van der Waals surface area contributed by atoms with Gasteiger partial charge in [-0.1, -0.05) is 70.6 Å². The fraction of sp³-hybridized carbons (Fsp3) is 0.242. The van der Waals surface area contributed by atoms with Gasteiger partial charge in [-0.3, -0.25) is 14.3 Å². The number of anilines is 1. The van der Waals surface area contributed by atoms with Crippen LogP contribution < -0.4 is 10.5 Å². The van der Waals surface area contributed by atoms with Crippen LogP contribution in [0.3, 0.4) is 0 Å². The Balaban J connectivity index is 1.20. The minimum atomic E-state index is -1.75. The van der Waals surface area contributed by atoms with Crippen molar-refractivity contribution in [3.05, 3.63) is 123 Å². The van der Waals surface area contributed by atoms with E-state index in [1.807, 2.05) is 61.5 Å². The molecule has 2 atom stereocenters. The summed E-state index contributed by atoms with van der Waals surface area (Å²) in [5.74, 6) is -0.911. The van der Waals surface area contributed by atoms with Gasteiger partial charge < -0.3 is 15.1 Å². The van der Waals surface area contributed by atoms with E-state index in [9.17, 15) is 14.7 Å². The van der Waals surface area contributed by atoms with Gasteiger partial charge in [-0.05, 0) is 48.4 Å². The van der Waals surface area contributed by atoms with E-state index < -0.39 is 17.4 Å². The smallest absolute Gasteiger partial charge is 0.279 e. The molecule has 0 unspecified atom stereocenters. The number of hydrogen-bond donors (Lipinski definition) is 2. The molecule has 0 saturated heterocycles. The van der Waals surface area contributed by atoms with Crippen molar-refractivity contribution in [1.82, 2.24) is 24.8 Å². The van der Waals surface area contributed by atoms with Gasteiger partial charge >= 0.3 is 0 Å². The molecule has 0 fully saturated rings. The zero-order valence-corrected chi connectivity index (χ0v) is 25.6. The number of carbonyl (C=O) groups excluding carboxylic acids is 1. The van der Waals surface area contributed by atoms with Crippen molar-refractivity contribution in [3.63, 3.8) is 0 Å². The molecule has 1 amide bonds. The second-order valence-corrected chi connectivity index (χ2v) is 11.8. The van der Waals surface area contributed by atoms with Gasteiger partial charge in [0.1, 0.15) is 0 Å². The third kappa shape index (κ3) is 5.49. The van der Waals surface area contributed by atoms with E-state index in [2.05, 4.69) is 31.3 Å². The average molecular weight is 656 g/mol. The lowest BCUT2D eigenvalue weighted by Gasteiger charge is -2.27. The van der Waals surface area contributed by atoms with Crippen LogP contribution in [0.15, 0.2) is 101 Å². The first kappa shape index (κ1) is 29.6. The van der Waals surface area contributed by atoms with Crippen molar-refractivity contribution in [2.75, 3.05) is 11.5 Å². The van der Waals surface area contributed by atoms with E-state index in [0.717, 1.165) is 21.1 Å². The van der Waals surface area contributed by atoms with Crippen molar-refractivity contribution in [1.29, 1.82) is 0 Å². The molecule has 0 saturated carbocycles. The molecule has 0 bridgehead atoms. The Labute approximate surface area is 262 Å². The Morgan fingerprint density at radius 1 is 1.07 bits per heavy atom. The monoisotopic (exact) mass is 654 g/mol. The summed E-state index contributed by atoms with van der Waals surface area (Å²) in [6.07, 6.45) is 8.36. The molecule has 11 heteroatoms. The maximum Gasteiger partial charge on any atom is 0.279 e. The summed E-state index contributed by atoms with van der Waals surface area (Å²) in [5, 5.41) is 34.9. The molecule has 5 aromatic rings. The third-order valence-corrected chi connectivity index (χ3v) is 8.50. The SMILES string of the molecule is C[C@@H](/C=C/CCn1cc(CCO)nn1)[C@]1(O)C(=O)N(Cc2ccc(-n3ncc4ccccc4c3=O)cc2)c2ccc(Br)cc21. The van der Waals surface area contributed by atoms with Crippen molar-refractivity contribution < 1.29 is 15.0 Å². The van der Waals surface area contributed by atoms with Crippen LogP contribution in [-0.4, -0.2) is 47.5 Å². The number of aliphatic hydroxyl groups excluding tert-OH is 1. The predicted molar refractivity (Wildman–Crippen MR) is 170 cm³/mol. The molecular formula is C33H31BrN6O4. The molecule has 2 aromatic heterocycles. The highest BCUT2D eigenvalue weighted by molar-refractivity contribution is 9.10. The molecule has 0 aliphatic carbocycles. The Hall–Kier alpha value is -4.45. The van der Waals surface area contributed by atoms with Crippen LogP contribution in [-0.2, 0) is 29.9 Å². The van der Waals surface area contributed by atoms with Crippen molar-refractivity contribution in [3.8, 4) is 5.69 Å². The molecule has 2 N–H and O–H groups in total. The Bertz CT molecular complexity index is 1920. The first-order chi connectivity index (χ1) is 21.3. The van der Waals surface area contributed by atoms with Gasteiger partial charge in [0.2, 0.25) is 0 Å². The van der Waals surface area contributed by atoms with Gasteiger partial charge in [-0.25, -0.2) is 0 Å². The second kappa shape index (κ2) is 12.3. The number of hydrogen-bond acceptors (Lipinski definition) is 7. The van der Waals surface area contributed by atoms with Crippen LogP contribution >= 0.6 is 15.9 Å². The summed E-state index contributed by atoms with van der Waals surface area (Å²) < 4.78 is 3.84. The Kier molecular flexibility index (Phi) is 8.26. The average Bonchev–Trinajstić information content (AvgIpc) is 3.57. The minimum Gasteiger partial charge on any atom is -0.396 e. The van der Waals surface area contributed by atoms with Crippen LogP contribution in [0.5, 0.6) is 0 Å². The molecule has 44 heavy (non-hydrogen) atoms.